The summed E-state index contributed by atoms with van der Waals surface area (Å²) in [5.74, 6) is 0.679. The van der Waals surface area contributed by atoms with Gasteiger partial charge in [-0.25, -0.2) is 0 Å². The summed E-state index contributed by atoms with van der Waals surface area (Å²) in [6.07, 6.45) is 1.14. The van der Waals surface area contributed by atoms with Gasteiger partial charge in [-0.2, -0.15) is 0 Å². The lowest BCUT2D eigenvalue weighted by Crippen LogP contribution is -2.49. The van der Waals surface area contributed by atoms with Gasteiger partial charge in [0.25, 0.3) is 0 Å². The van der Waals surface area contributed by atoms with Gasteiger partial charge in [0.2, 0.25) is 11.8 Å². The predicted octanol–water partition coefficient (Wildman–Crippen LogP) is 5.92. The van der Waals surface area contributed by atoms with E-state index in [2.05, 4.69) is 21.2 Å². The summed E-state index contributed by atoms with van der Waals surface area (Å²) in [6, 6.07) is 15.0. The van der Waals surface area contributed by atoms with Crippen molar-refractivity contribution in [3.05, 3.63) is 63.6 Å². The van der Waals surface area contributed by atoms with Crippen LogP contribution in [0.1, 0.15) is 39.2 Å². The van der Waals surface area contributed by atoms with Crippen molar-refractivity contribution in [3.8, 4) is 0 Å². The predicted molar refractivity (Wildman–Crippen MR) is 129 cm³/mol. The minimum absolute atomic E-state index is 0.0129. The van der Waals surface area contributed by atoms with Crippen LogP contribution in [0, 0.1) is 0 Å². The minimum Gasteiger partial charge on any atom is -0.352 e. The summed E-state index contributed by atoms with van der Waals surface area (Å²) in [5, 5.41) is 3.63. The maximum atomic E-state index is 13.0. The molecule has 4 nitrogen and oxygen atoms in total. The van der Waals surface area contributed by atoms with E-state index in [0.29, 0.717) is 18.0 Å². The van der Waals surface area contributed by atoms with Crippen molar-refractivity contribution in [1.82, 2.24) is 10.2 Å². The minimum atomic E-state index is -0.535. The fourth-order valence-corrected chi connectivity index (χ4v) is 4.11. The number of benzene rings is 2. The van der Waals surface area contributed by atoms with Crippen LogP contribution in [0.5, 0.6) is 0 Å². The van der Waals surface area contributed by atoms with E-state index in [1.807, 2.05) is 62.4 Å². The number of halogens is 2. The Kier molecular flexibility index (Phi) is 10.2. The SMILES string of the molecule is CC(C)NC(=O)[C@@H](C)N(Cc1ccc(Br)cc1)C(=O)CCCSc1ccc(Cl)cc1. The summed E-state index contributed by atoms with van der Waals surface area (Å²) in [7, 11) is 0. The molecule has 0 spiro atoms. The first-order valence-electron chi connectivity index (χ1n) is 9.99. The fourth-order valence-electron chi connectivity index (χ4n) is 2.86. The quantitative estimate of drug-likeness (QED) is 0.318. The highest BCUT2D eigenvalue weighted by Gasteiger charge is 2.26. The molecule has 0 aromatic heterocycles. The van der Waals surface area contributed by atoms with Crippen LogP contribution < -0.4 is 5.32 Å². The Morgan fingerprint density at radius 3 is 2.30 bits per heavy atom. The van der Waals surface area contributed by atoms with E-state index in [-0.39, 0.29) is 17.9 Å². The van der Waals surface area contributed by atoms with Crippen molar-refractivity contribution >= 4 is 51.1 Å². The van der Waals surface area contributed by atoms with Crippen molar-refractivity contribution in [2.45, 2.75) is 57.1 Å². The highest BCUT2D eigenvalue weighted by molar-refractivity contribution is 9.10. The van der Waals surface area contributed by atoms with E-state index in [1.165, 1.54) is 0 Å². The molecule has 0 saturated heterocycles. The van der Waals surface area contributed by atoms with Crippen LogP contribution in [0.4, 0.5) is 0 Å². The number of amides is 2. The molecule has 2 aromatic rings. The summed E-state index contributed by atoms with van der Waals surface area (Å²) in [4.78, 5) is 28.4. The number of rotatable bonds is 10. The van der Waals surface area contributed by atoms with Crippen molar-refractivity contribution in [2.24, 2.45) is 0 Å². The van der Waals surface area contributed by atoms with Gasteiger partial charge in [-0.1, -0.05) is 39.7 Å². The van der Waals surface area contributed by atoms with E-state index < -0.39 is 6.04 Å². The Bertz CT molecular complexity index is 828. The molecule has 2 amide bonds. The maximum Gasteiger partial charge on any atom is 0.242 e. The van der Waals surface area contributed by atoms with E-state index >= 15 is 0 Å². The number of hydrogen-bond acceptors (Lipinski definition) is 3. The molecule has 0 unspecified atom stereocenters. The molecular formula is C23H28BrClN2O2S. The Morgan fingerprint density at radius 1 is 1.07 bits per heavy atom. The molecule has 0 aliphatic carbocycles. The van der Waals surface area contributed by atoms with Crippen LogP contribution in [-0.2, 0) is 16.1 Å². The second-order valence-electron chi connectivity index (χ2n) is 7.39. The van der Waals surface area contributed by atoms with E-state index in [0.717, 1.165) is 27.1 Å². The van der Waals surface area contributed by atoms with Gasteiger partial charge in [0.05, 0.1) is 0 Å². The number of nitrogens with one attached hydrogen (secondary N) is 1. The number of thioether (sulfide) groups is 1. The molecule has 0 fully saturated rings. The first-order valence-corrected chi connectivity index (χ1v) is 12.1. The third kappa shape index (κ3) is 8.32. The molecule has 1 atom stereocenters. The molecule has 30 heavy (non-hydrogen) atoms. The van der Waals surface area contributed by atoms with Gasteiger partial charge in [-0.15, -0.1) is 11.8 Å². The van der Waals surface area contributed by atoms with Crippen LogP contribution in [0.3, 0.4) is 0 Å². The molecule has 0 bridgehead atoms. The molecule has 0 heterocycles. The highest BCUT2D eigenvalue weighted by atomic mass is 79.9. The Hall–Kier alpha value is -1.50. The standard InChI is InChI=1S/C23H28BrClN2O2S/c1-16(2)26-23(29)17(3)27(15-18-6-8-19(24)9-7-18)22(28)5-4-14-30-21-12-10-20(25)11-13-21/h6-13,16-17H,4-5,14-15H2,1-3H3,(H,26,29)/t17-/m1/s1. The second kappa shape index (κ2) is 12.4. The fraction of sp³-hybridized carbons (Fsp3) is 0.391. The lowest BCUT2D eigenvalue weighted by atomic mass is 10.1. The van der Waals surface area contributed by atoms with Crippen LogP contribution >= 0.6 is 39.3 Å². The van der Waals surface area contributed by atoms with Gasteiger partial charge in [0.1, 0.15) is 6.04 Å². The zero-order chi connectivity index (χ0) is 22.1. The van der Waals surface area contributed by atoms with Crippen molar-refractivity contribution < 1.29 is 9.59 Å². The molecule has 2 aromatic carbocycles. The van der Waals surface area contributed by atoms with Crippen LogP contribution in [-0.4, -0.2) is 34.6 Å². The van der Waals surface area contributed by atoms with Crippen LogP contribution in [0.25, 0.3) is 0 Å². The van der Waals surface area contributed by atoms with Crippen LogP contribution in [0.2, 0.25) is 5.02 Å². The van der Waals surface area contributed by atoms with Gasteiger partial charge in [-0.3, -0.25) is 9.59 Å². The zero-order valence-electron chi connectivity index (χ0n) is 17.5. The van der Waals surface area contributed by atoms with Gasteiger partial charge in [0, 0.05) is 33.4 Å². The molecular weight excluding hydrogens is 484 g/mol. The van der Waals surface area contributed by atoms with Gasteiger partial charge < -0.3 is 10.2 Å². The zero-order valence-corrected chi connectivity index (χ0v) is 20.7. The number of nitrogens with zero attached hydrogens (tertiary/aromatic N) is 1. The third-order valence-electron chi connectivity index (χ3n) is 4.48. The molecule has 7 heteroatoms. The van der Waals surface area contributed by atoms with Crippen molar-refractivity contribution in [1.29, 1.82) is 0 Å². The molecule has 0 aliphatic heterocycles. The number of hydrogen-bond donors (Lipinski definition) is 1. The summed E-state index contributed by atoms with van der Waals surface area (Å²) in [6.45, 7) is 6.03. The molecule has 162 valence electrons. The average Bonchev–Trinajstić information content (AvgIpc) is 2.71. The molecule has 0 aliphatic rings. The number of carbonyl (C=O) groups is 2. The van der Waals surface area contributed by atoms with E-state index in [9.17, 15) is 9.59 Å². The largest absolute Gasteiger partial charge is 0.352 e. The average molecular weight is 512 g/mol. The molecule has 0 radical (unpaired) electrons. The topological polar surface area (TPSA) is 49.4 Å². The number of carbonyl (C=O) groups excluding carboxylic acids is 2. The maximum absolute atomic E-state index is 13.0. The lowest BCUT2D eigenvalue weighted by Gasteiger charge is -2.29. The molecule has 1 N–H and O–H groups in total. The first-order chi connectivity index (χ1) is 14.3. The Balaban J connectivity index is 1.98. The van der Waals surface area contributed by atoms with E-state index in [4.69, 9.17) is 11.6 Å². The van der Waals surface area contributed by atoms with Crippen molar-refractivity contribution in [3.63, 3.8) is 0 Å². The van der Waals surface area contributed by atoms with Gasteiger partial charge in [0.15, 0.2) is 0 Å². The highest BCUT2D eigenvalue weighted by Crippen LogP contribution is 2.22. The normalized spacial score (nSPS) is 11.9. The smallest absolute Gasteiger partial charge is 0.242 e. The summed E-state index contributed by atoms with van der Waals surface area (Å²) >= 11 is 11.0. The lowest BCUT2D eigenvalue weighted by molar-refractivity contribution is -0.140. The monoisotopic (exact) mass is 510 g/mol. The molecule has 2 rings (SSSR count). The van der Waals surface area contributed by atoms with Crippen LogP contribution in [0.15, 0.2) is 57.9 Å². The third-order valence-corrected chi connectivity index (χ3v) is 6.36. The van der Waals surface area contributed by atoms with Gasteiger partial charge >= 0.3 is 0 Å². The van der Waals surface area contributed by atoms with Crippen molar-refractivity contribution in [2.75, 3.05) is 5.75 Å². The van der Waals surface area contributed by atoms with Gasteiger partial charge in [-0.05, 0) is 74.9 Å². The molecule has 0 saturated carbocycles. The second-order valence-corrected chi connectivity index (χ2v) is 9.91. The van der Waals surface area contributed by atoms with E-state index in [1.54, 1.807) is 23.6 Å². The first kappa shape index (κ1) is 24.8. The summed E-state index contributed by atoms with van der Waals surface area (Å²) < 4.78 is 0.981. The Morgan fingerprint density at radius 2 is 1.70 bits per heavy atom. The summed E-state index contributed by atoms with van der Waals surface area (Å²) in [5.41, 5.74) is 0.992. The Labute approximate surface area is 196 Å².